The summed E-state index contributed by atoms with van der Waals surface area (Å²) in [5.41, 5.74) is 3.81. The van der Waals surface area contributed by atoms with Crippen LogP contribution in [0.2, 0.25) is 5.02 Å². The van der Waals surface area contributed by atoms with E-state index in [4.69, 9.17) is 11.6 Å². The molecule has 0 aliphatic rings. The maximum absolute atomic E-state index is 5.98. The lowest BCUT2D eigenvalue weighted by Crippen LogP contribution is -1.81. The first kappa shape index (κ1) is 11.7. The molecule has 0 saturated carbocycles. The van der Waals surface area contributed by atoms with Crippen LogP contribution in [0.15, 0.2) is 34.9 Å². The van der Waals surface area contributed by atoms with E-state index in [-0.39, 0.29) is 0 Å². The molecular weight excluding hydrogens is 314 g/mol. The van der Waals surface area contributed by atoms with Gasteiger partial charge >= 0.3 is 0 Å². The van der Waals surface area contributed by atoms with Crippen molar-refractivity contribution in [2.45, 2.75) is 6.92 Å². The summed E-state index contributed by atoms with van der Waals surface area (Å²) in [5.74, 6) is 0.796. The van der Waals surface area contributed by atoms with Gasteiger partial charge in [-0.15, -0.1) is 0 Å². The van der Waals surface area contributed by atoms with Crippen LogP contribution in [0.25, 0.3) is 22.6 Å². The Hall–Kier alpha value is -1.39. The van der Waals surface area contributed by atoms with Crippen molar-refractivity contribution < 1.29 is 0 Å². The van der Waals surface area contributed by atoms with Gasteiger partial charge in [-0.05, 0) is 52.7 Å². The number of aryl methyl sites for hydroxylation is 1. The summed E-state index contributed by atoms with van der Waals surface area (Å²) in [6.07, 6.45) is 1.76. The average molecular weight is 323 g/mol. The molecule has 0 radical (unpaired) electrons. The Bertz CT molecular complexity index is 736. The Kier molecular flexibility index (Phi) is 2.84. The van der Waals surface area contributed by atoms with Crippen LogP contribution in [0.1, 0.15) is 5.56 Å². The minimum absolute atomic E-state index is 0.684. The van der Waals surface area contributed by atoms with Crippen molar-refractivity contribution in [3.05, 3.63) is 45.5 Å². The molecule has 5 heteroatoms. The lowest BCUT2D eigenvalue weighted by Gasteiger charge is -1.99. The molecule has 0 bridgehead atoms. The molecule has 0 aliphatic heterocycles. The number of rotatable bonds is 1. The van der Waals surface area contributed by atoms with Gasteiger partial charge in [0.05, 0.1) is 10.5 Å². The fourth-order valence-corrected chi connectivity index (χ4v) is 2.31. The molecule has 3 aromatic rings. The summed E-state index contributed by atoms with van der Waals surface area (Å²) in [6.45, 7) is 2.03. The number of nitrogens with one attached hydrogen (secondary N) is 1. The molecule has 0 atom stereocenters. The van der Waals surface area contributed by atoms with Gasteiger partial charge in [-0.25, -0.2) is 9.97 Å². The minimum Gasteiger partial charge on any atom is -0.336 e. The highest BCUT2D eigenvalue weighted by Crippen LogP contribution is 2.28. The van der Waals surface area contributed by atoms with Crippen LogP contribution in [0, 0.1) is 6.92 Å². The topological polar surface area (TPSA) is 41.6 Å². The molecule has 0 aliphatic carbocycles. The van der Waals surface area contributed by atoms with Crippen LogP contribution < -0.4 is 0 Å². The van der Waals surface area contributed by atoms with E-state index in [1.165, 1.54) is 0 Å². The second kappa shape index (κ2) is 4.37. The van der Waals surface area contributed by atoms with Gasteiger partial charge in [0.2, 0.25) is 0 Å². The number of benzene rings is 1. The number of H-pyrrole nitrogens is 1. The molecule has 3 rings (SSSR count). The van der Waals surface area contributed by atoms with E-state index in [0.29, 0.717) is 5.02 Å². The molecule has 18 heavy (non-hydrogen) atoms. The fraction of sp³-hybridized carbons (Fsp3) is 0.0769. The average Bonchev–Trinajstić information content (AvgIpc) is 2.78. The van der Waals surface area contributed by atoms with Gasteiger partial charge in [0.25, 0.3) is 0 Å². The normalized spacial score (nSPS) is 11.1. The van der Waals surface area contributed by atoms with Crippen LogP contribution in [0.4, 0.5) is 0 Å². The van der Waals surface area contributed by atoms with E-state index in [0.717, 1.165) is 32.6 Å². The van der Waals surface area contributed by atoms with E-state index in [1.807, 2.05) is 31.2 Å². The maximum atomic E-state index is 5.98. The highest BCUT2D eigenvalue weighted by molar-refractivity contribution is 9.10. The molecule has 0 saturated heterocycles. The molecule has 0 amide bonds. The second-order valence-corrected chi connectivity index (χ2v) is 5.30. The summed E-state index contributed by atoms with van der Waals surface area (Å²) in [7, 11) is 0. The van der Waals surface area contributed by atoms with Crippen LogP contribution in [0.5, 0.6) is 0 Å². The predicted octanol–water partition coefficient (Wildman–Crippen LogP) is 4.35. The van der Waals surface area contributed by atoms with E-state index in [2.05, 4.69) is 30.9 Å². The van der Waals surface area contributed by atoms with Crippen LogP contribution in [-0.4, -0.2) is 15.0 Å². The zero-order valence-corrected chi connectivity index (χ0v) is 11.9. The van der Waals surface area contributed by atoms with E-state index in [1.54, 1.807) is 6.20 Å². The summed E-state index contributed by atoms with van der Waals surface area (Å²) < 4.78 is 0.854. The van der Waals surface area contributed by atoms with E-state index >= 15 is 0 Å². The van der Waals surface area contributed by atoms with Gasteiger partial charge in [0.15, 0.2) is 5.65 Å². The van der Waals surface area contributed by atoms with Gasteiger partial charge < -0.3 is 4.98 Å². The number of hydrogen-bond acceptors (Lipinski definition) is 2. The number of aromatic amines is 1. The van der Waals surface area contributed by atoms with Crippen molar-refractivity contribution in [1.29, 1.82) is 0 Å². The summed E-state index contributed by atoms with van der Waals surface area (Å²) >= 11 is 9.39. The summed E-state index contributed by atoms with van der Waals surface area (Å²) in [5, 5.41) is 0.684. The predicted molar refractivity (Wildman–Crippen MR) is 76.8 cm³/mol. The minimum atomic E-state index is 0.684. The molecule has 0 unspecified atom stereocenters. The van der Waals surface area contributed by atoms with Gasteiger partial charge in [-0.1, -0.05) is 11.6 Å². The fourth-order valence-electron chi connectivity index (χ4n) is 1.82. The van der Waals surface area contributed by atoms with Crippen LogP contribution >= 0.6 is 27.5 Å². The highest BCUT2D eigenvalue weighted by atomic mass is 79.9. The molecule has 3 nitrogen and oxygen atoms in total. The quantitative estimate of drug-likeness (QED) is 0.723. The summed E-state index contributed by atoms with van der Waals surface area (Å²) in [6, 6.07) is 7.67. The number of imidazole rings is 1. The van der Waals surface area contributed by atoms with Crippen LogP contribution in [-0.2, 0) is 0 Å². The zero-order chi connectivity index (χ0) is 12.7. The van der Waals surface area contributed by atoms with E-state index in [9.17, 15) is 0 Å². The first-order chi connectivity index (χ1) is 8.65. The zero-order valence-electron chi connectivity index (χ0n) is 9.54. The Balaban J connectivity index is 2.19. The third-order valence-corrected chi connectivity index (χ3v) is 4.01. The molecule has 0 fully saturated rings. The third-order valence-electron chi connectivity index (χ3n) is 2.79. The van der Waals surface area contributed by atoms with Crippen molar-refractivity contribution in [3.63, 3.8) is 0 Å². The van der Waals surface area contributed by atoms with Crippen molar-refractivity contribution in [2.75, 3.05) is 0 Å². The largest absolute Gasteiger partial charge is 0.336 e. The van der Waals surface area contributed by atoms with Crippen molar-refractivity contribution in [1.82, 2.24) is 15.0 Å². The van der Waals surface area contributed by atoms with E-state index < -0.39 is 0 Å². The van der Waals surface area contributed by atoms with Crippen molar-refractivity contribution >= 4 is 38.7 Å². The molecular formula is C13H9BrClN3. The lowest BCUT2D eigenvalue weighted by atomic mass is 10.2. The molecule has 0 spiro atoms. The Morgan fingerprint density at radius 1 is 1.28 bits per heavy atom. The molecule has 2 heterocycles. The number of nitrogens with zero attached hydrogens (tertiary/aromatic N) is 2. The molecule has 1 aromatic carbocycles. The molecule has 1 N–H and O–H groups in total. The van der Waals surface area contributed by atoms with Gasteiger partial charge in [0, 0.05) is 16.2 Å². The monoisotopic (exact) mass is 321 g/mol. The maximum Gasteiger partial charge on any atom is 0.178 e. The molecule has 90 valence electrons. The first-order valence-corrected chi connectivity index (χ1v) is 6.59. The Morgan fingerprint density at radius 2 is 2.11 bits per heavy atom. The van der Waals surface area contributed by atoms with Crippen molar-refractivity contribution in [3.8, 4) is 11.4 Å². The number of fused-ring (bicyclic) bond motifs is 1. The second-order valence-electron chi connectivity index (χ2n) is 4.04. The first-order valence-electron chi connectivity index (χ1n) is 5.42. The summed E-state index contributed by atoms with van der Waals surface area (Å²) in [4.78, 5) is 12.0. The molecule has 2 aromatic heterocycles. The number of halogens is 2. The van der Waals surface area contributed by atoms with Gasteiger partial charge in [0.1, 0.15) is 5.82 Å². The number of aromatic nitrogens is 3. The third kappa shape index (κ3) is 1.91. The Morgan fingerprint density at radius 3 is 2.83 bits per heavy atom. The standard InChI is InChI=1S/C13H9BrClN3/c1-7-4-5-16-13-11(7)17-12(18-13)8-2-3-10(15)9(14)6-8/h2-6H,1H3,(H,16,17,18). The van der Waals surface area contributed by atoms with Gasteiger partial charge in [-0.2, -0.15) is 0 Å². The highest BCUT2D eigenvalue weighted by Gasteiger charge is 2.09. The van der Waals surface area contributed by atoms with Gasteiger partial charge in [-0.3, -0.25) is 0 Å². The van der Waals surface area contributed by atoms with Crippen molar-refractivity contribution in [2.24, 2.45) is 0 Å². The smallest absolute Gasteiger partial charge is 0.178 e. The number of hydrogen-bond donors (Lipinski definition) is 1. The van der Waals surface area contributed by atoms with Crippen LogP contribution in [0.3, 0.4) is 0 Å². The Labute approximate surface area is 117 Å². The number of pyridine rings is 1. The lowest BCUT2D eigenvalue weighted by molar-refractivity contribution is 1.30. The SMILES string of the molecule is Cc1ccnc2nc(-c3ccc(Cl)c(Br)c3)[nH]c12.